The highest BCUT2D eigenvalue weighted by Crippen LogP contribution is 2.59. The summed E-state index contributed by atoms with van der Waals surface area (Å²) in [6.07, 6.45) is -0.713. The van der Waals surface area contributed by atoms with Crippen LogP contribution in [0.5, 0.6) is 11.5 Å². The smallest absolute Gasteiger partial charge is 0.457 e. The Kier molecular flexibility index (Phi) is 11.6. The molecule has 0 aliphatic carbocycles. The van der Waals surface area contributed by atoms with Gasteiger partial charge in [0.15, 0.2) is 5.78 Å². The third-order valence-electron chi connectivity index (χ3n) is 6.17. The second kappa shape index (κ2) is 15.4. The van der Waals surface area contributed by atoms with Crippen LogP contribution in [0.1, 0.15) is 43.6 Å². The number of carboxylic acid groups (broad SMARTS) is 1. The van der Waals surface area contributed by atoms with Crippen LogP contribution >= 0.6 is 7.60 Å². The van der Waals surface area contributed by atoms with Crippen molar-refractivity contribution in [2.75, 3.05) is 0 Å². The highest BCUT2D eigenvalue weighted by atomic mass is 31.2. The Bertz CT molecular complexity index is 1470. The maximum atomic E-state index is 14.7. The van der Waals surface area contributed by atoms with E-state index in [1.54, 1.807) is 60.7 Å². The second-order valence-corrected chi connectivity index (χ2v) is 11.7. The van der Waals surface area contributed by atoms with Crippen LogP contribution in [0, 0.1) is 5.41 Å². The summed E-state index contributed by atoms with van der Waals surface area (Å²) in [5, 5.41) is 24.0. The van der Waals surface area contributed by atoms with Gasteiger partial charge in [0.25, 0.3) is 0 Å². The molecule has 0 spiro atoms. The van der Waals surface area contributed by atoms with Crippen LogP contribution in [0.2, 0.25) is 0 Å². The minimum Gasteiger partial charge on any atom is -0.481 e. The van der Waals surface area contributed by atoms with E-state index in [4.69, 9.17) is 25.3 Å². The molecule has 3 aromatic carbocycles. The summed E-state index contributed by atoms with van der Waals surface area (Å²) in [4.78, 5) is 48.8. The number of nitrogens with one attached hydrogen (secondary N) is 4. The Balaban J connectivity index is 1.90. The zero-order valence-corrected chi connectivity index (χ0v) is 25.0. The number of carbonyl (C=O) groups excluding carboxylic acids is 3. The third-order valence-corrected chi connectivity index (χ3v) is 8.16. The number of rotatable bonds is 15. The van der Waals surface area contributed by atoms with Crippen molar-refractivity contribution >= 4 is 37.1 Å². The number of carboxylic acids is 1. The average molecular weight is 624 g/mol. The van der Waals surface area contributed by atoms with Gasteiger partial charge in [0.05, 0.1) is 6.42 Å². The fraction of sp³-hybridized carbons (Fsp3) is 0.233. The van der Waals surface area contributed by atoms with E-state index in [0.717, 1.165) is 0 Å². The van der Waals surface area contributed by atoms with Crippen molar-refractivity contribution < 1.29 is 37.9 Å². The molecule has 13 nitrogen and oxygen atoms in total. The number of carbonyl (C=O) groups is 4. The van der Waals surface area contributed by atoms with Crippen molar-refractivity contribution in [2.45, 2.75) is 44.6 Å². The number of aliphatic carboxylic acids is 1. The van der Waals surface area contributed by atoms with E-state index < -0.39 is 55.6 Å². The van der Waals surface area contributed by atoms with Crippen LogP contribution in [0.15, 0.2) is 84.9 Å². The third kappa shape index (κ3) is 9.70. The number of hydrogen-bond acceptors (Lipinski definition) is 8. The van der Waals surface area contributed by atoms with E-state index in [0.29, 0.717) is 11.1 Å². The van der Waals surface area contributed by atoms with E-state index in [2.05, 4.69) is 16.0 Å². The quantitative estimate of drug-likeness (QED) is 0.0832. The van der Waals surface area contributed by atoms with Gasteiger partial charge in [-0.2, -0.15) is 0 Å². The standard InChI is InChI=1S/C30H34N5O8P/c1-19(33-25(36)17-18-26(37)38)28(39)34-20(2)29(40)35-30(22-15-13-21(14-16-22)27(31)32)44(41,42-23-9-5-3-6-10-23)43-24-11-7-4-8-12-24/h3-16,19-20,30H,17-18H2,1-2H3,(H3,31,32)(H,33,36)(H,34,39)(H,35,40)(H,37,38)/t19-,20-,30?/m0/s1. The lowest BCUT2D eigenvalue weighted by molar-refractivity contribution is -0.139. The number of hydrogen-bond donors (Lipinski definition) is 6. The first-order chi connectivity index (χ1) is 20.9. The van der Waals surface area contributed by atoms with Gasteiger partial charge in [-0.05, 0) is 43.7 Å². The maximum Gasteiger partial charge on any atom is 0.457 e. The Morgan fingerprint density at radius 1 is 0.773 bits per heavy atom. The molecule has 3 atom stereocenters. The minimum atomic E-state index is -4.35. The van der Waals surface area contributed by atoms with E-state index >= 15 is 0 Å². The maximum absolute atomic E-state index is 14.7. The molecule has 3 rings (SSSR count). The number of para-hydroxylation sites is 2. The molecule has 0 saturated carbocycles. The number of benzene rings is 3. The van der Waals surface area contributed by atoms with Crippen LogP contribution in [-0.4, -0.2) is 46.7 Å². The van der Waals surface area contributed by atoms with Gasteiger partial charge >= 0.3 is 13.6 Å². The van der Waals surface area contributed by atoms with Crippen molar-refractivity contribution in [3.05, 3.63) is 96.1 Å². The minimum absolute atomic E-state index is 0.193. The number of nitrogens with two attached hydrogens (primary N) is 1. The molecule has 3 amide bonds. The Labute approximate surface area is 254 Å². The molecule has 0 radical (unpaired) electrons. The lowest BCUT2D eigenvalue weighted by atomic mass is 10.1. The number of nitrogen functional groups attached to an aromatic ring is 1. The van der Waals surface area contributed by atoms with Crippen LogP contribution in [0.25, 0.3) is 0 Å². The molecule has 14 heteroatoms. The summed E-state index contributed by atoms with van der Waals surface area (Å²) >= 11 is 0. The molecule has 0 aromatic heterocycles. The molecule has 0 bridgehead atoms. The zero-order chi connectivity index (χ0) is 32.3. The average Bonchev–Trinajstić information content (AvgIpc) is 2.99. The predicted molar refractivity (Wildman–Crippen MR) is 162 cm³/mol. The molecule has 0 saturated heterocycles. The molecule has 0 aliphatic rings. The summed E-state index contributed by atoms with van der Waals surface area (Å²) in [5.74, 6) is -4.43. The van der Waals surface area contributed by atoms with Gasteiger partial charge < -0.3 is 35.8 Å². The highest BCUT2D eigenvalue weighted by Gasteiger charge is 2.42. The van der Waals surface area contributed by atoms with Gasteiger partial charge in [-0.25, -0.2) is 4.57 Å². The summed E-state index contributed by atoms with van der Waals surface area (Å²) in [6, 6.07) is 20.3. The summed E-state index contributed by atoms with van der Waals surface area (Å²) in [5.41, 5.74) is 6.29. The molecular formula is C30H34N5O8P. The van der Waals surface area contributed by atoms with Crippen molar-refractivity contribution in [3.8, 4) is 11.5 Å². The van der Waals surface area contributed by atoms with E-state index in [9.17, 15) is 23.7 Å². The highest BCUT2D eigenvalue weighted by molar-refractivity contribution is 7.55. The van der Waals surface area contributed by atoms with Gasteiger partial charge in [0.2, 0.25) is 17.7 Å². The van der Waals surface area contributed by atoms with E-state index in [1.165, 1.54) is 38.1 Å². The first kappa shape index (κ1) is 33.3. The van der Waals surface area contributed by atoms with Crippen LogP contribution < -0.4 is 30.7 Å². The Morgan fingerprint density at radius 2 is 1.25 bits per heavy atom. The van der Waals surface area contributed by atoms with Gasteiger partial charge in [-0.3, -0.25) is 24.6 Å². The Morgan fingerprint density at radius 3 is 1.73 bits per heavy atom. The largest absolute Gasteiger partial charge is 0.481 e. The molecule has 3 aromatic rings. The van der Waals surface area contributed by atoms with Crippen LogP contribution in [0.3, 0.4) is 0 Å². The molecule has 7 N–H and O–H groups in total. The normalized spacial score (nSPS) is 13.0. The molecule has 0 fully saturated rings. The van der Waals surface area contributed by atoms with Crippen molar-refractivity contribution in [1.82, 2.24) is 16.0 Å². The fourth-order valence-electron chi connectivity index (χ4n) is 3.83. The van der Waals surface area contributed by atoms with Gasteiger partial charge in [-0.1, -0.05) is 60.7 Å². The first-order valence-corrected chi connectivity index (χ1v) is 15.1. The SMILES string of the molecule is C[C@H](NC(=O)CCC(=O)O)C(=O)N[C@@H](C)C(=O)NC(c1ccc(C(=N)N)cc1)P(=O)(Oc1ccccc1)Oc1ccccc1. The molecule has 0 heterocycles. The monoisotopic (exact) mass is 623 g/mol. The van der Waals surface area contributed by atoms with Crippen LogP contribution in [-0.2, 0) is 23.7 Å². The van der Waals surface area contributed by atoms with Crippen molar-refractivity contribution in [2.24, 2.45) is 5.73 Å². The summed E-state index contributed by atoms with van der Waals surface area (Å²) in [6.45, 7) is 2.77. The van der Waals surface area contributed by atoms with Crippen molar-refractivity contribution in [3.63, 3.8) is 0 Å². The lowest BCUT2D eigenvalue weighted by Crippen LogP contribution is -2.52. The fourth-order valence-corrected chi connectivity index (χ4v) is 5.74. The molecule has 0 aliphatic heterocycles. The zero-order valence-electron chi connectivity index (χ0n) is 24.1. The molecule has 44 heavy (non-hydrogen) atoms. The molecule has 232 valence electrons. The Hall–Kier alpha value is -5.16. The van der Waals surface area contributed by atoms with E-state index in [-0.39, 0.29) is 23.8 Å². The first-order valence-electron chi connectivity index (χ1n) is 13.5. The topological polar surface area (TPSA) is 210 Å². The van der Waals surface area contributed by atoms with Gasteiger partial charge in [0, 0.05) is 12.0 Å². The van der Waals surface area contributed by atoms with Crippen molar-refractivity contribution in [1.29, 1.82) is 5.41 Å². The molecule has 1 unspecified atom stereocenters. The predicted octanol–water partition coefficient (Wildman–Crippen LogP) is 3.31. The molecular weight excluding hydrogens is 589 g/mol. The number of amides is 3. The summed E-state index contributed by atoms with van der Waals surface area (Å²) in [7, 11) is -4.35. The second-order valence-electron chi connectivity index (χ2n) is 9.71. The number of amidine groups is 1. The summed E-state index contributed by atoms with van der Waals surface area (Å²) < 4.78 is 26.6. The van der Waals surface area contributed by atoms with Crippen LogP contribution in [0.4, 0.5) is 0 Å². The lowest BCUT2D eigenvalue weighted by Gasteiger charge is -2.29. The van der Waals surface area contributed by atoms with Gasteiger partial charge in [0.1, 0.15) is 29.4 Å². The van der Waals surface area contributed by atoms with Gasteiger partial charge in [-0.15, -0.1) is 0 Å². The van der Waals surface area contributed by atoms with E-state index in [1.807, 2.05) is 0 Å².